The van der Waals surface area contributed by atoms with E-state index in [0.717, 1.165) is 24.1 Å². The zero-order valence-electron chi connectivity index (χ0n) is 12.7. The molecule has 0 amide bonds. The summed E-state index contributed by atoms with van der Waals surface area (Å²) < 4.78 is 19.7. The van der Waals surface area contributed by atoms with Gasteiger partial charge < -0.3 is 10.1 Å². The highest BCUT2D eigenvalue weighted by atomic mass is 19.1. The predicted molar refractivity (Wildman–Crippen MR) is 86.5 cm³/mol. The fourth-order valence-electron chi connectivity index (χ4n) is 2.91. The summed E-state index contributed by atoms with van der Waals surface area (Å²) in [5, 5.41) is 3.49. The van der Waals surface area contributed by atoms with Crippen LogP contribution in [0.5, 0.6) is 5.75 Å². The zero-order valence-corrected chi connectivity index (χ0v) is 12.7. The van der Waals surface area contributed by atoms with Gasteiger partial charge >= 0.3 is 0 Å². The van der Waals surface area contributed by atoms with Gasteiger partial charge in [0.15, 0.2) is 11.6 Å². The Kier molecular flexibility index (Phi) is 5.07. The topological polar surface area (TPSA) is 21.3 Å². The fraction of sp³-hybridized carbons (Fsp3) is 0.368. The minimum Gasteiger partial charge on any atom is -0.486 e. The Balaban J connectivity index is 1.59. The van der Waals surface area contributed by atoms with Crippen molar-refractivity contribution in [2.75, 3.05) is 6.54 Å². The first-order valence-electron chi connectivity index (χ1n) is 8.00. The van der Waals surface area contributed by atoms with Gasteiger partial charge in [-0.2, -0.15) is 0 Å². The number of hydrogen-bond donors (Lipinski definition) is 1. The molecule has 1 unspecified atom stereocenters. The molecule has 0 bridgehead atoms. The molecule has 0 saturated carbocycles. The molecule has 3 rings (SSSR count). The minimum atomic E-state index is -0.274. The number of piperidine rings is 1. The molecule has 0 radical (unpaired) electrons. The van der Waals surface area contributed by atoms with E-state index in [1.807, 2.05) is 36.4 Å². The normalized spacial score (nSPS) is 18.1. The van der Waals surface area contributed by atoms with E-state index in [-0.39, 0.29) is 5.82 Å². The summed E-state index contributed by atoms with van der Waals surface area (Å²) in [6.07, 6.45) is 4.57. The molecule has 1 heterocycles. The van der Waals surface area contributed by atoms with Crippen LogP contribution < -0.4 is 10.1 Å². The Morgan fingerprint density at radius 2 is 1.91 bits per heavy atom. The van der Waals surface area contributed by atoms with E-state index in [9.17, 15) is 4.39 Å². The second kappa shape index (κ2) is 7.41. The predicted octanol–water partition coefficient (Wildman–Crippen LogP) is 4.09. The smallest absolute Gasteiger partial charge is 0.165 e. The van der Waals surface area contributed by atoms with Crippen molar-refractivity contribution in [1.82, 2.24) is 5.32 Å². The molecule has 1 aliphatic heterocycles. The average Bonchev–Trinajstić information content (AvgIpc) is 2.56. The quantitative estimate of drug-likeness (QED) is 0.898. The van der Waals surface area contributed by atoms with Crippen LogP contribution in [0.1, 0.15) is 30.4 Å². The summed E-state index contributed by atoms with van der Waals surface area (Å²) in [4.78, 5) is 0. The summed E-state index contributed by atoms with van der Waals surface area (Å²) in [5.41, 5.74) is 2.07. The van der Waals surface area contributed by atoms with Gasteiger partial charge in [-0.25, -0.2) is 4.39 Å². The molecule has 1 saturated heterocycles. The van der Waals surface area contributed by atoms with E-state index < -0.39 is 0 Å². The Morgan fingerprint density at radius 1 is 1.05 bits per heavy atom. The van der Waals surface area contributed by atoms with Gasteiger partial charge in [0.2, 0.25) is 0 Å². The van der Waals surface area contributed by atoms with Gasteiger partial charge in [-0.05, 0) is 49.1 Å². The van der Waals surface area contributed by atoms with Gasteiger partial charge in [0.1, 0.15) is 6.61 Å². The molecular weight excluding hydrogens is 277 g/mol. The van der Waals surface area contributed by atoms with E-state index in [1.165, 1.54) is 19.3 Å². The van der Waals surface area contributed by atoms with Crippen molar-refractivity contribution in [2.45, 2.75) is 38.3 Å². The maximum Gasteiger partial charge on any atom is 0.165 e. The highest BCUT2D eigenvalue weighted by Crippen LogP contribution is 2.21. The molecule has 2 aromatic carbocycles. The van der Waals surface area contributed by atoms with Crippen LogP contribution in [0.15, 0.2) is 48.5 Å². The first kappa shape index (κ1) is 15.0. The summed E-state index contributed by atoms with van der Waals surface area (Å²) in [6, 6.07) is 15.6. The molecule has 3 heteroatoms. The lowest BCUT2D eigenvalue weighted by molar-refractivity contribution is 0.290. The molecule has 0 aliphatic carbocycles. The Morgan fingerprint density at radius 3 is 2.64 bits per heavy atom. The first-order valence-corrected chi connectivity index (χ1v) is 8.00. The van der Waals surface area contributed by atoms with E-state index in [2.05, 4.69) is 5.32 Å². The molecule has 1 N–H and O–H groups in total. The molecule has 1 atom stereocenters. The molecular formula is C19H22FNO. The van der Waals surface area contributed by atoms with Gasteiger partial charge in [0.25, 0.3) is 0 Å². The summed E-state index contributed by atoms with van der Waals surface area (Å²) in [7, 11) is 0. The van der Waals surface area contributed by atoms with Crippen LogP contribution in [0, 0.1) is 5.82 Å². The van der Waals surface area contributed by atoms with Crippen molar-refractivity contribution >= 4 is 0 Å². The van der Waals surface area contributed by atoms with Crippen LogP contribution in [0.3, 0.4) is 0 Å². The standard InChI is InChI=1S/C19H22FNO/c20-18-13-16(12-17-8-4-5-11-21-17)9-10-19(18)22-14-15-6-2-1-3-7-15/h1-3,6-7,9-10,13,17,21H,4-5,8,11-12,14H2. The number of rotatable bonds is 5. The van der Waals surface area contributed by atoms with E-state index in [1.54, 1.807) is 12.1 Å². The summed E-state index contributed by atoms with van der Waals surface area (Å²) >= 11 is 0. The molecule has 116 valence electrons. The Labute approximate surface area is 131 Å². The van der Waals surface area contributed by atoms with Crippen LogP contribution in [-0.2, 0) is 13.0 Å². The number of ether oxygens (including phenoxy) is 1. The van der Waals surface area contributed by atoms with E-state index in [4.69, 9.17) is 4.74 Å². The third-order valence-corrected chi connectivity index (χ3v) is 4.13. The van der Waals surface area contributed by atoms with Crippen LogP contribution in [0.25, 0.3) is 0 Å². The summed E-state index contributed by atoms with van der Waals surface area (Å²) in [5.74, 6) is 0.0495. The fourth-order valence-corrected chi connectivity index (χ4v) is 2.91. The van der Waals surface area contributed by atoms with Gasteiger partial charge in [-0.15, -0.1) is 0 Å². The van der Waals surface area contributed by atoms with Gasteiger partial charge in [0.05, 0.1) is 0 Å². The zero-order chi connectivity index (χ0) is 15.2. The molecule has 2 aromatic rings. The number of halogens is 1. The van der Waals surface area contributed by atoms with Crippen molar-refractivity contribution in [3.63, 3.8) is 0 Å². The molecule has 1 aliphatic rings. The number of nitrogens with one attached hydrogen (secondary N) is 1. The summed E-state index contributed by atoms with van der Waals surface area (Å²) in [6.45, 7) is 1.46. The lowest BCUT2D eigenvalue weighted by Gasteiger charge is -2.23. The number of benzene rings is 2. The number of hydrogen-bond acceptors (Lipinski definition) is 2. The highest BCUT2D eigenvalue weighted by molar-refractivity contribution is 5.30. The molecule has 0 spiro atoms. The van der Waals surface area contributed by atoms with Gasteiger partial charge in [-0.1, -0.05) is 42.8 Å². The van der Waals surface area contributed by atoms with Crippen molar-refractivity contribution < 1.29 is 9.13 Å². The Bertz CT molecular complexity index is 594. The minimum absolute atomic E-state index is 0.274. The van der Waals surface area contributed by atoms with Crippen LogP contribution in [0.2, 0.25) is 0 Å². The van der Waals surface area contributed by atoms with Crippen LogP contribution >= 0.6 is 0 Å². The maximum atomic E-state index is 14.2. The second-order valence-electron chi connectivity index (χ2n) is 5.89. The third-order valence-electron chi connectivity index (χ3n) is 4.13. The Hall–Kier alpha value is -1.87. The van der Waals surface area contributed by atoms with Crippen LogP contribution in [-0.4, -0.2) is 12.6 Å². The van der Waals surface area contributed by atoms with Crippen molar-refractivity contribution in [3.8, 4) is 5.75 Å². The van der Waals surface area contributed by atoms with Crippen molar-refractivity contribution in [2.24, 2.45) is 0 Å². The average molecular weight is 299 g/mol. The largest absolute Gasteiger partial charge is 0.486 e. The lowest BCUT2D eigenvalue weighted by atomic mass is 9.98. The SMILES string of the molecule is Fc1cc(CC2CCCCN2)ccc1OCc1ccccc1. The van der Waals surface area contributed by atoms with Gasteiger partial charge in [-0.3, -0.25) is 0 Å². The van der Waals surface area contributed by atoms with Crippen LogP contribution in [0.4, 0.5) is 4.39 Å². The molecule has 0 aromatic heterocycles. The van der Waals surface area contributed by atoms with E-state index in [0.29, 0.717) is 18.4 Å². The van der Waals surface area contributed by atoms with Crippen molar-refractivity contribution in [3.05, 3.63) is 65.5 Å². The maximum absolute atomic E-state index is 14.2. The first-order chi connectivity index (χ1) is 10.8. The third kappa shape index (κ3) is 4.08. The van der Waals surface area contributed by atoms with Crippen molar-refractivity contribution in [1.29, 1.82) is 0 Å². The molecule has 2 nitrogen and oxygen atoms in total. The molecule has 22 heavy (non-hydrogen) atoms. The monoisotopic (exact) mass is 299 g/mol. The second-order valence-corrected chi connectivity index (χ2v) is 5.89. The van der Waals surface area contributed by atoms with E-state index >= 15 is 0 Å². The lowest BCUT2D eigenvalue weighted by Crippen LogP contribution is -2.35. The molecule has 1 fully saturated rings. The van der Waals surface area contributed by atoms with Gasteiger partial charge in [0, 0.05) is 6.04 Å². The highest BCUT2D eigenvalue weighted by Gasteiger charge is 2.14.